The predicted octanol–water partition coefficient (Wildman–Crippen LogP) is 2.15. The van der Waals surface area contributed by atoms with Gasteiger partial charge < -0.3 is 9.64 Å². The van der Waals surface area contributed by atoms with E-state index in [9.17, 15) is 0 Å². The smallest absolute Gasteiger partial charge is 0.254 e. The third-order valence-electron chi connectivity index (χ3n) is 4.84. The number of aryl methyl sites for hydroxylation is 1. The van der Waals surface area contributed by atoms with E-state index >= 15 is 0 Å². The number of fused-ring (bicyclic) bond motifs is 1. The third kappa shape index (κ3) is 3.48. The van der Waals surface area contributed by atoms with Crippen LogP contribution in [0.4, 0.5) is 5.82 Å². The molecular formula is C19H24N6O. The molecule has 1 aromatic carbocycles. The summed E-state index contributed by atoms with van der Waals surface area (Å²) in [6, 6.07) is 10.4. The Labute approximate surface area is 153 Å². The van der Waals surface area contributed by atoms with Gasteiger partial charge in [0.05, 0.1) is 7.11 Å². The van der Waals surface area contributed by atoms with Crippen LogP contribution in [0.5, 0.6) is 5.75 Å². The van der Waals surface area contributed by atoms with Crippen molar-refractivity contribution in [1.29, 1.82) is 0 Å². The van der Waals surface area contributed by atoms with Crippen LogP contribution in [-0.4, -0.2) is 57.8 Å². The van der Waals surface area contributed by atoms with Gasteiger partial charge >= 0.3 is 0 Å². The molecule has 0 atom stereocenters. The zero-order valence-electron chi connectivity index (χ0n) is 15.3. The van der Waals surface area contributed by atoms with Gasteiger partial charge in [-0.25, -0.2) is 4.98 Å². The summed E-state index contributed by atoms with van der Waals surface area (Å²) in [4.78, 5) is 13.6. The Kier molecular flexibility index (Phi) is 4.71. The Morgan fingerprint density at radius 2 is 1.92 bits per heavy atom. The van der Waals surface area contributed by atoms with Crippen molar-refractivity contribution in [3.05, 3.63) is 47.9 Å². The summed E-state index contributed by atoms with van der Waals surface area (Å²) in [6.45, 7) is 7.06. The van der Waals surface area contributed by atoms with Crippen molar-refractivity contribution >= 4 is 11.6 Å². The lowest BCUT2D eigenvalue weighted by molar-refractivity contribution is 0.285. The highest BCUT2D eigenvalue weighted by molar-refractivity contribution is 5.47. The summed E-state index contributed by atoms with van der Waals surface area (Å²) in [5, 5.41) is 4.34. The number of hydrogen-bond acceptors (Lipinski definition) is 6. The van der Waals surface area contributed by atoms with E-state index in [0.29, 0.717) is 5.78 Å². The lowest BCUT2D eigenvalue weighted by Crippen LogP contribution is -2.31. The molecule has 0 spiro atoms. The first-order chi connectivity index (χ1) is 12.7. The van der Waals surface area contributed by atoms with E-state index in [1.165, 1.54) is 5.56 Å². The van der Waals surface area contributed by atoms with Gasteiger partial charge in [-0.1, -0.05) is 12.1 Å². The van der Waals surface area contributed by atoms with Gasteiger partial charge in [-0.3, -0.25) is 4.90 Å². The van der Waals surface area contributed by atoms with Crippen LogP contribution in [0.15, 0.2) is 36.7 Å². The number of ether oxygens (including phenoxy) is 1. The van der Waals surface area contributed by atoms with Gasteiger partial charge in [-0.05, 0) is 31.0 Å². The number of aromatic nitrogens is 4. The Bertz CT molecular complexity index is 875. The number of hydrogen-bond donors (Lipinski definition) is 0. The minimum absolute atomic E-state index is 0.666. The van der Waals surface area contributed by atoms with Crippen molar-refractivity contribution in [2.24, 2.45) is 0 Å². The number of benzene rings is 1. The predicted molar refractivity (Wildman–Crippen MR) is 101 cm³/mol. The molecule has 0 unspecified atom stereocenters. The highest BCUT2D eigenvalue weighted by Crippen LogP contribution is 2.19. The molecule has 0 radical (unpaired) electrons. The van der Waals surface area contributed by atoms with Gasteiger partial charge in [0.1, 0.15) is 17.9 Å². The standard InChI is InChI=1S/C19H24N6O/c1-15-12-18(25-19(22-15)20-14-21-25)24-9-3-8-23(10-11-24)13-16-4-6-17(26-2)7-5-16/h4-7,12,14H,3,8-11,13H2,1-2H3. The first-order valence-electron chi connectivity index (χ1n) is 9.00. The van der Waals surface area contributed by atoms with E-state index in [-0.39, 0.29) is 0 Å². The van der Waals surface area contributed by atoms with E-state index < -0.39 is 0 Å². The van der Waals surface area contributed by atoms with E-state index in [0.717, 1.165) is 56.4 Å². The maximum Gasteiger partial charge on any atom is 0.254 e. The second-order valence-corrected chi connectivity index (χ2v) is 6.69. The maximum absolute atomic E-state index is 5.24. The van der Waals surface area contributed by atoms with Gasteiger partial charge in [0, 0.05) is 44.5 Å². The molecule has 1 saturated heterocycles. The molecule has 1 fully saturated rings. The summed E-state index contributed by atoms with van der Waals surface area (Å²) >= 11 is 0. The van der Waals surface area contributed by atoms with E-state index in [1.54, 1.807) is 13.4 Å². The molecule has 2 aromatic heterocycles. The minimum atomic E-state index is 0.666. The third-order valence-corrected chi connectivity index (χ3v) is 4.84. The molecule has 0 aliphatic carbocycles. The van der Waals surface area contributed by atoms with E-state index in [2.05, 4.69) is 43.1 Å². The van der Waals surface area contributed by atoms with Crippen molar-refractivity contribution in [2.75, 3.05) is 38.2 Å². The van der Waals surface area contributed by atoms with Gasteiger partial charge in [0.15, 0.2) is 0 Å². The molecule has 0 N–H and O–H groups in total. The fourth-order valence-corrected chi connectivity index (χ4v) is 3.48. The van der Waals surface area contributed by atoms with Crippen LogP contribution in [0.3, 0.4) is 0 Å². The molecule has 3 heterocycles. The average molecular weight is 352 g/mol. The Hall–Kier alpha value is -2.67. The van der Waals surface area contributed by atoms with Crippen LogP contribution in [-0.2, 0) is 6.54 Å². The zero-order chi connectivity index (χ0) is 17.9. The lowest BCUT2D eigenvalue weighted by atomic mass is 10.2. The summed E-state index contributed by atoms with van der Waals surface area (Å²) in [5.41, 5.74) is 2.29. The Balaban J connectivity index is 1.46. The molecule has 1 aliphatic rings. The van der Waals surface area contributed by atoms with Crippen LogP contribution in [0.2, 0.25) is 0 Å². The minimum Gasteiger partial charge on any atom is -0.497 e. The molecule has 136 valence electrons. The molecular weight excluding hydrogens is 328 g/mol. The van der Waals surface area contributed by atoms with Crippen LogP contribution < -0.4 is 9.64 Å². The van der Waals surface area contributed by atoms with E-state index in [4.69, 9.17) is 4.74 Å². The average Bonchev–Trinajstić information content (AvgIpc) is 3.00. The fourth-order valence-electron chi connectivity index (χ4n) is 3.48. The lowest BCUT2D eigenvalue weighted by Gasteiger charge is -2.24. The van der Waals surface area contributed by atoms with Crippen molar-refractivity contribution < 1.29 is 4.74 Å². The monoisotopic (exact) mass is 352 g/mol. The second kappa shape index (κ2) is 7.29. The topological polar surface area (TPSA) is 58.8 Å². The highest BCUT2D eigenvalue weighted by atomic mass is 16.5. The normalized spacial score (nSPS) is 16.0. The molecule has 26 heavy (non-hydrogen) atoms. The fraction of sp³-hybridized carbons (Fsp3) is 0.421. The molecule has 1 aliphatic heterocycles. The quantitative estimate of drug-likeness (QED) is 0.717. The summed E-state index contributed by atoms with van der Waals surface area (Å²) in [7, 11) is 1.70. The highest BCUT2D eigenvalue weighted by Gasteiger charge is 2.18. The van der Waals surface area contributed by atoms with E-state index in [1.807, 2.05) is 23.6 Å². The van der Waals surface area contributed by atoms with Crippen LogP contribution in [0.1, 0.15) is 17.7 Å². The van der Waals surface area contributed by atoms with Crippen molar-refractivity contribution in [2.45, 2.75) is 19.9 Å². The van der Waals surface area contributed by atoms with Crippen molar-refractivity contribution in [1.82, 2.24) is 24.5 Å². The molecule has 0 bridgehead atoms. The maximum atomic E-state index is 5.24. The number of nitrogens with zero attached hydrogens (tertiary/aromatic N) is 6. The van der Waals surface area contributed by atoms with Crippen molar-refractivity contribution in [3.63, 3.8) is 0 Å². The molecule has 7 nitrogen and oxygen atoms in total. The van der Waals surface area contributed by atoms with Crippen molar-refractivity contribution in [3.8, 4) is 5.75 Å². The van der Waals surface area contributed by atoms with Gasteiger partial charge in [-0.2, -0.15) is 14.6 Å². The SMILES string of the molecule is COc1ccc(CN2CCCN(c3cc(C)nc4ncnn34)CC2)cc1. The molecule has 7 heteroatoms. The number of methoxy groups -OCH3 is 1. The van der Waals surface area contributed by atoms with Crippen LogP contribution in [0, 0.1) is 6.92 Å². The Morgan fingerprint density at radius 3 is 2.73 bits per heavy atom. The van der Waals surface area contributed by atoms with Crippen LogP contribution >= 0.6 is 0 Å². The molecule has 3 aromatic rings. The molecule has 0 amide bonds. The van der Waals surface area contributed by atoms with Crippen LogP contribution in [0.25, 0.3) is 5.78 Å². The molecule has 4 rings (SSSR count). The first kappa shape index (κ1) is 16.8. The summed E-state index contributed by atoms with van der Waals surface area (Å²) in [5.74, 6) is 2.65. The van der Waals surface area contributed by atoms with Gasteiger partial charge in [-0.15, -0.1) is 0 Å². The number of rotatable bonds is 4. The molecule has 0 saturated carbocycles. The zero-order valence-corrected chi connectivity index (χ0v) is 15.3. The van der Waals surface area contributed by atoms with Gasteiger partial charge in [0.2, 0.25) is 0 Å². The first-order valence-corrected chi connectivity index (χ1v) is 9.00. The Morgan fingerprint density at radius 1 is 1.08 bits per heavy atom. The second-order valence-electron chi connectivity index (χ2n) is 6.69. The summed E-state index contributed by atoms with van der Waals surface area (Å²) in [6.07, 6.45) is 2.69. The number of anilines is 1. The van der Waals surface area contributed by atoms with Gasteiger partial charge in [0.25, 0.3) is 5.78 Å². The summed E-state index contributed by atoms with van der Waals surface area (Å²) < 4.78 is 7.08. The largest absolute Gasteiger partial charge is 0.497 e.